The van der Waals surface area contributed by atoms with E-state index in [1.165, 1.54) is 139 Å². The lowest BCUT2D eigenvalue weighted by Crippen LogP contribution is -3.00. The molecule has 57 heavy (non-hydrogen) atoms. The number of unbranched alkanes of at least 4 members (excludes halogenated alkanes) is 10. The lowest BCUT2D eigenvalue weighted by molar-refractivity contribution is -0.910. The van der Waals surface area contributed by atoms with Crippen molar-refractivity contribution in [2.75, 3.05) is 57.9 Å². The lowest BCUT2D eigenvalue weighted by atomic mass is 10.1. The van der Waals surface area contributed by atoms with Crippen molar-refractivity contribution in [1.82, 2.24) is 0 Å². The normalized spacial score (nSPS) is 12.5. The molecule has 2 nitrogen and oxygen atoms in total. The molecule has 0 saturated carbocycles. The van der Waals surface area contributed by atoms with Crippen molar-refractivity contribution in [1.29, 1.82) is 0 Å². The smallest absolute Gasteiger partial charge is 0.0991 e. The zero-order chi connectivity index (χ0) is 38.2. The Hall–Kier alpha value is -0.900. The van der Waals surface area contributed by atoms with Gasteiger partial charge in [0.1, 0.15) is 0 Å². The van der Waals surface area contributed by atoms with Gasteiger partial charge in [0.15, 0.2) is 0 Å². The fourth-order valence-corrected chi connectivity index (χ4v) is 18.1. The molecule has 0 saturated heterocycles. The van der Waals surface area contributed by atoms with Crippen molar-refractivity contribution < 1.29 is 55.4 Å². The minimum Gasteiger partial charge on any atom is -1.00 e. The zero-order valence-corrected chi connectivity index (χ0v) is 42.4. The van der Waals surface area contributed by atoms with Gasteiger partial charge in [-0.2, -0.15) is 0 Å². The van der Waals surface area contributed by atoms with E-state index in [2.05, 4.69) is 142 Å². The molecule has 0 aliphatic rings. The highest BCUT2D eigenvalue weighted by molar-refractivity contribution is 7.90. The number of nitrogens with zero attached hydrogens (tertiary/aromatic N) is 1. The van der Waals surface area contributed by atoms with E-state index in [4.69, 9.17) is 5.73 Å². The van der Waals surface area contributed by atoms with Crippen LogP contribution >= 0.6 is 14.5 Å². The third kappa shape index (κ3) is 17.5. The van der Waals surface area contributed by atoms with E-state index < -0.39 is 14.5 Å². The number of halogens is 3. The Morgan fingerprint density at radius 2 is 0.649 bits per heavy atom. The highest BCUT2D eigenvalue weighted by atomic mass is 79.9. The van der Waals surface area contributed by atoms with E-state index >= 15 is 0 Å². The van der Waals surface area contributed by atoms with E-state index in [1.807, 2.05) is 0 Å². The summed E-state index contributed by atoms with van der Waals surface area (Å²) in [6.07, 6.45) is 25.2. The Morgan fingerprint density at radius 3 is 1.00 bits per heavy atom. The monoisotopic (exact) mass is 1000 g/mol. The topological polar surface area (TPSA) is 26.0 Å². The molecule has 1 unspecified atom stereocenters. The summed E-state index contributed by atoms with van der Waals surface area (Å²) in [5.41, 5.74) is 5.88. The van der Waals surface area contributed by atoms with Crippen molar-refractivity contribution >= 4 is 35.7 Å². The van der Waals surface area contributed by atoms with Crippen LogP contribution in [0.1, 0.15) is 110 Å². The fraction of sp³-hybridized carbons (Fsp3) is 0.520. The van der Waals surface area contributed by atoms with Crippen LogP contribution in [0.25, 0.3) is 0 Å². The molecule has 4 aromatic rings. The van der Waals surface area contributed by atoms with Crippen molar-refractivity contribution in [3.05, 3.63) is 121 Å². The molecular weight excluding hydrogens is 930 g/mol. The van der Waals surface area contributed by atoms with E-state index in [-0.39, 0.29) is 50.9 Å². The minimum atomic E-state index is -1.55. The van der Waals surface area contributed by atoms with Crippen molar-refractivity contribution in [3.8, 4) is 0 Å². The van der Waals surface area contributed by atoms with Crippen LogP contribution in [0.2, 0.25) is 0 Å². The molecule has 0 spiro atoms. The van der Waals surface area contributed by atoms with E-state index in [9.17, 15) is 0 Å². The van der Waals surface area contributed by atoms with Crippen LogP contribution in [0.15, 0.2) is 121 Å². The molecule has 4 rings (SSSR count). The van der Waals surface area contributed by atoms with E-state index in [1.54, 1.807) is 21.2 Å². The minimum absolute atomic E-state index is 0. The third-order valence-corrected chi connectivity index (χ3v) is 21.6. The Morgan fingerprint density at radius 1 is 0.368 bits per heavy atom. The summed E-state index contributed by atoms with van der Waals surface area (Å²) in [4.78, 5) is 0. The van der Waals surface area contributed by atoms with Crippen LogP contribution in [-0.2, 0) is 0 Å². The van der Waals surface area contributed by atoms with E-state index in [0.717, 1.165) is 13.0 Å². The molecule has 0 aliphatic heterocycles. The number of nitrogens with two attached hydrogens (primary N) is 1. The highest BCUT2D eigenvalue weighted by Crippen LogP contribution is 2.60. The molecule has 2 N–H and O–H groups in total. The predicted octanol–water partition coefficient (Wildman–Crippen LogP) is 2.63. The maximum Gasteiger partial charge on any atom is 0.0991 e. The average Bonchev–Trinajstić information content (AvgIpc) is 3.23. The number of benzene rings is 4. The van der Waals surface area contributed by atoms with Gasteiger partial charge in [0, 0.05) is 6.42 Å². The SMILES string of the molecule is CCCC[N+](C)(CCCN)CCCCCCCCCC[P+](CCCC[P+](CCCC)(c1ccccc1)c1ccccc1)(c1ccccc1)c1ccccc1.[Br-].[Br-].[Br-]. The first-order valence-corrected chi connectivity index (χ1v) is 26.3. The molecule has 4 aromatic carbocycles. The van der Waals surface area contributed by atoms with Crippen molar-refractivity contribution in [2.24, 2.45) is 5.73 Å². The van der Waals surface area contributed by atoms with Crippen LogP contribution in [0.3, 0.4) is 0 Å². The first-order chi connectivity index (χ1) is 26.5. The summed E-state index contributed by atoms with van der Waals surface area (Å²) in [6.45, 7) is 9.39. The summed E-state index contributed by atoms with van der Waals surface area (Å²) in [5, 5.41) is 6.43. The molecule has 0 aliphatic carbocycles. The lowest BCUT2D eigenvalue weighted by Gasteiger charge is -2.35. The summed E-state index contributed by atoms with van der Waals surface area (Å²) in [6, 6.07) is 46.7. The molecule has 318 valence electrons. The van der Waals surface area contributed by atoms with Crippen LogP contribution in [0.5, 0.6) is 0 Å². The van der Waals surface area contributed by atoms with Gasteiger partial charge in [-0.25, -0.2) is 0 Å². The van der Waals surface area contributed by atoms with Gasteiger partial charge in [-0.3, -0.25) is 0 Å². The first kappa shape index (κ1) is 54.1. The van der Waals surface area contributed by atoms with Gasteiger partial charge in [-0.05, 0) is 106 Å². The van der Waals surface area contributed by atoms with Crippen LogP contribution in [0.4, 0.5) is 0 Å². The molecule has 0 heterocycles. The fourth-order valence-electron chi connectivity index (χ4n) is 8.88. The van der Waals surface area contributed by atoms with Gasteiger partial charge in [-0.1, -0.05) is 125 Å². The Labute approximate surface area is 383 Å². The average molecular weight is 1010 g/mol. The molecule has 0 bridgehead atoms. The molecule has 0 aromatic heterocycles. The van der Waals surface area contributed by atoms with Crippen LogP contribution in [0, 0.1) is 0 Å². The first-order valence-electron chi connectivity index (χ1n) is 22.0. The molecular formula is C50H77Br3N2P2. The summed E-state index contributed by atoms with van der Waals surface area (Å²) < 4.78 is 1.22. The Kier molecular flexibility index (Phi) is 29.5. The second-order valence-corrected chi connectivity index (χ2v) is 24.1. The van der Waals surface area contributed by atoms with Crippen LogP contribution in [-0.4, -0.2) is 62.4 Å². The van der Waals surface area contributed by atoms with Gasteiger partial charge >= 0.3 is 0 Å². The number of hydrogen-bond acceptors (Lipinski definition) is 1. The maximum absolute atomic E-state index is 5.88. The Bertz CT molecular complexity index is 1430. The molecule has 0 fully saturated rings. The second-order valence-electron chi connectivity index (χ2n) is 16.3. The summed E-state index contributed by atoms with van der Waals surface area (Å²) in [5.74, 6) is 0. The molecule has 7 heteroatoms. The van der Waals surface area contributed by atoms with Gasteiger partial charge in [0.05, 0.1) is 87.1 Å². The molecule has 0 radical (unpaired) electrons. The van der Waals surface area contributed by atoms with E-state index in [0.29, 0.717) is 0 Å². The molecule has 0 amide bonds. The zero-order valence-electron chi connectivity index (χ0n) is 35.9. The van der Waals surface area contributed by atoms with Gasteiger partial charge in [-0.15, -0.1) is 0 Å². The third-order valence-electron chi connectivity index (χ3n) is 12.2. The second kappa shape index (κ2) is 31.0. The van der Waals surface area contributed by atoms with Gasteiger partial charge in [0.25, 0.3) is 0 Å². The summed E-state index contributed by atoms with van der Waals surface area (Å²) >= 11 is 0. The highest BCUT2D eigenvalue weighted by Gasteiger charge is 2.44. The van der Waals surface area contributed by atoms with Gasteiger partial charge in [0.2, 0.25) is 0 Å². The maximum atomic E-state index is 5.88. The number of hydrogen-bond donors (Lipinski definition) is 1. The Balaban J connectivity index is 0.00000541. The molecule has 1 atom stereocenters. The number of rotatable bonds is 29. The van der Waals surface area contributed by atoms with Crippen molar-refractivity contribution in [2.45, 2.75) is 110 Å². The van der Waals surface area contributed by atoms with Crippen LogP contribution < -0.4 is 77.9 Å². The predicted molar refractivity (Wildman–Crippen MR) is 248 cm³/mol. The van der Waals surface area contributed by atoms with Gasteiger partial charge < -0.3 is 61.2 Å². The van der Waals surface area contributed by atoms with Crippen molar-refractivity contribution in [3.63, 3.8) is 0 Å². The quantitative estimate of drug-likeness (QED) is 0.0507. The summed E-state index contributed by atoms with van der Waals surface area (Å²) in [7, 11) is -0.578. The standard InChI is InChI=1S/C50H77N2P2.3BrH/c1-4-6-40-52(3,42-30-39-51)41-26-12-10-8-9-11-13-27-44-54(49-35-22-16-23-36-49,50-37-24-17-25-38-50)46-29-28-45-53(43-7-5-2,47-31-18-14-19-32-47)48-33-20-15-21-34-48;;;/h14-25,31-38H,4-13,26-30,39-46,51H2,1-3H3;3*1H/q+3;;;/p-3. The largest absolute Gasteiger partial charge is 1.00 e. The number of quaternary nitrogens is 1.